The van der Waals surface area contributed by atoms with Crippen molar-refractivity contribution in [2.24, 2.45) is 5.92 Å². The van der Waals surface area contributed by atoms with Gasteiger partial charge in [0.05, 0.1) is 5.75 Å². The monoisotopic (exact) mass is 285 g/mol. The number of nitrogens with zero attached hydrogens (tertiary/aromatic N) is 3. The molecule has 0 radical (unpaired) electrons. The average molecular weight is 285 g/mol. The molecule has 1 unspecified atom stereocenters. The summed E-state index contributed by atoms with van der Waals surface area (Å²) in [6, 6.07) is 0. The zero-order valence-electron chi connectivity index (χ0n) is 11.9. The summed E-state index contributed by atoms with van der Waals surface area (Å²) in [5, 5.41) is 17.6. The molecule has 6 heteroatoms. The molecule has 1 aromatic rings. The molecule has 0 bridgehead atoms. The lowest BCUT2D eigenvalue weighted by atomic mass is 9.99. The second kappa shape index (κ2) is 8.19. The SMILES string of the molecule is CCCCC(CC)Cn1c(C)nnc1SCC(=O)O. The van der Waals surface area contributed by atoms with Crippen molar-refractivity contribution < 1.29 is 9.90 Å². The molecule has 0 aromatic carbocycles. The van der Waals surface area contributed by atoms with Crippen LogP contribution >= 0.6 is 11.8 Å². The molecule has 1 aromatic heterocycles. The Bertz CT molecular complexity index is 407. The Hall–Kier alpha value is -1.04. The first-order valence-electron chi connectivity index (χ1n) is 6.82. The van der Waals surface area contributed by atoms with Crippen LogP contribution in [0.4, 0.5) is 0 Å². The fraction of sp³-hybridized carbons (Fsp3) is 0.769. The number of carboxylic acids is 1. The van der Waals surface area contributed by atoms with Crippen molar-refractivity contribution in [3.05, 3.63) is 5.82 Å². The van der Waals surface area contributed by atoms with Crippen LogP contribution in [-0.4, -0.2) is 31.6 Å². The van der Waals surface area contributed by atoms with Crippen molar-refractivity contribution >= 4 is 17.7 Å². The zero-order chi connectivity index (χ0) is 14.3. The summed E-state index contributed by atoms with van der Waals surface area (Å²) >= 11 is 1.24. The van der Waals surface area contributed by atoms with E-state index in [-0.39, 0.29) is 5.75 Å². The minimum absolute atomic E-state index is 0.0316. The second-order valence-electron chi connectivity index (χ2n) is 4.74. The molecule has 0 aliphatic heterocycles. The van der Waals surface area contributed by atoms with Crippen LogP contribution < -0.4 is 0 Å². The number of hydrogen-bond acceptors (Lipinski definition) is 4. The van der Waals surface area contributed by atoms with Crippen molar-refractivity contribution in [3.8, 4) is 0 Å². The topological polar surface area (TPSA) is 68.0 Å². The molecule has 0 saturated carbocycles. The number of rotatable bonds is 9. The molecule has 1 heterocycles. The summed E-state index contributed by atoms with van der Waals surface area (Å²) in [6.07, 6.45) is 4.77. The van der Waals surface area contributed by atoms with Gasteiger partial charge < -0.3 is 9.67 Å². The maximum Gasteiger partial charge on any atom is 0.313 e. The molecule has 1 rings (SSSR count). The molecule has 108 valence electrons. The Morgan fingerprint density at radius 1 is 1.42 bits per heavy atom. The molecular weight excluding hydrogens is 262 g/mol. The largest absolute Gasteiger partial charge is 0.481 e. The number of carboxylic acid groups (broad SMARTS) is 1. The van der Waals surface area contributed by atoms with Gasteiger partial charge in [-0.1, -0.05) is 44.9 Å². The highest BCUT2D eigenvalue weighted by Gasteiger charge is 2.15. The van der Waals surface area contributed by atoms with Gasteiger partial charge >= 0.3 is 5.97 Å². The maximum atomic E-state index is 10.6. The molecule has 0 aliphatic rings. The molecule has 5 nitrogen and oxygen atoms in total. The zero-order valence-corrected chi connectivity index (χ0v) is 12.7. The van der Waals surface area contributed by atoms with Gasteiger partial charge in [0.1, 0.15) is 5.82 Å². The van der Waals surface area contributed by atoms with Crippen LogP contribution in [0.2, 0.25) is 0 Å². The fourth-order valence-corrected chi connectivity index (χ4v) is 2.69. The third-order valence-electron chi connectivity index (χ3n) is 3.21. The third-order valence-corrected chi connectivity index (χ3v) is 4.16. The minimum atomic E-state index is -0.824. The standard InChI is InChI=1S/C13H23N3O2S/c1-4-6-7-11(5-2)8-16-10(3)14-15-13(16)19-9-12(17)18/h11H,4-9H2,1-3H3,(H,17,18). The van der Waals surface area contributed by atoms with Crippen molar-refractivity contribution in [2.45, 2.75) is 58.2 Å². The maximum absolute atomic E-state index is 10.6. The molecule has 19 heavy (non-hydrogen) atoms. The second-order valence-corrected chi connectivity index (χ2v) is 5.68. The lowest BCUT2D eigenvalue weighted by molar-refractivity contribution is -0.133. The molecule has 1 atom stereocenters. The number of aliphatic carboxylic acids is 1. The van der Waals surface area contributed by atoms with Gasteiger partial charge in [-0.05, 0) is 19.3 Å². The lowest BCUT2D eigenvalue weighted by Gasteiger charge is -2.17. The molecular formula is C13H23N3O2S. The third kappa shape index (κ3) is 5.22. The van der Waals surface area contributed by atoms with Crippen LogP contribution in [0.3, 0.4) is 0 Å². The first-order chi connectivity index (χ1) is 9.08. The van der Waals surface area contributed by atoms with Crippen LogP contribution in [0.5, 0.6) is 0 Å². The number of aryl methyl sites for hydroxylation is 1. The van der Waals surface area contributed by atoms with Crippen LogP contribution in [0, 0.1) is 12.8 Å². The summed E-state index contributed by atoms with van der Waals surface area (Å²) in [5.41, 5.74) is 0. The van der Waals surface area contributed by atoms with E-state index in [0.717, 1.165) is 23.9 Å². The van der Waals surface area contributed by atoms with E-state index in [2.05, 4.69) is 28.6 Å². The summed E-state index contributed by atoms with van der Waals surface area (Å²) < 4.78 is 2.05. The van der Waals surface area contributed by atoms with E-state index in [1.807, 2.05) is 6.92 Å². The predicted molar refractivity (Wildman–Crippen MR) is 76.4 cm³/mol. The molecule has 0 fully saturated rings. The normalized spacial score (nSPS) is 12.6. The van der Waals surface area contributed by atoms with E-state index in [1.165, 1.54) is 31.0 Å². The van der Waals surface area contributed by atoms with Gasteiger partial charge in [0.15, 0.2) is 5.16 Å². The van der Waals surface area contributed by atoms with Gasteiger partial charge in [0.25, 0.3) is 0 Å². The van der Waals surface area contributed by atoms with Crippen molar-refractivity contribution in [3.63, 3.8) is 0 Å². The highest BCUT2D eigenvalue weighted by Crippen LogP contribution is 2.21. The van der Waals surface area contributed by atoms with E-state index in [0.29, 0.717) is 5.92 Å². The molecule has 1 N–H and O–H groups in total. The van der Waals surface area contributed by atoms with E-state index in [1.54, 1.807) is 0 Å². The van der Waals surface area contributed by atoms with Crippen molar-refractivity contribution in [1.29, 1.82) is 0 Å². The Labute approximate surface area is 118 Å². The fourth-order valence-electron chi connectivity index (χ4n) is 1.98. The van der Waals surface area contributed by atoms with Crippen LogP contribution in [0.1, 0.15) is 45.4 Å². The van der Waals surface area contributed by atoms with Gasteiger partial charge in [-0.25, -0.2) is 0 Å². The lowest BCUT2D eigenvalue weighted by Crippen LogP contribution is -2.13. The number of aromatic nitrogens is 3. The van der Waals surface area contributed by atoms with E-state index >= 15 is 0 Å². The van der Waals surface area contributed by atoms with Gasteiger partial charge in [-0.15, -0.1) is 10.2 Å². The summed E-state index contributed by atoms with van der Waals surface area (Å²) in [4.78, 5) is 10.6. The van der Waals surface area contributed by atoms with Gasteiger partial charge in [-0.3, -0.25) is 4.79 Å². The highest BCUT2D eigenvalue weighted by molar-refractivity contribution is 7.99. The Morgan fingerprint density at radius 2 is 2.16 bits per heavy atom. The van der Waals surface area contributed by atoms with E-state index < -0.39 is 5.97 Å². The summed E-state index contributed by atoms with van der Waals surface area (Å²) in [5.74, 6) is 0.682. The summed E-state index contributed by atoms with van der Waals surface area (Å²) in [7, 11) is 0. The van der Waals surface area contributed by atoms with Gasteiger partial charge in [0, 0.05) is 6.54 Å². The smallest absolute Gasteiger partial charge is 0.313 e. The number of unbranched alkanes of at least 4 members (excludes halogenated alkanes) is 1. The first-order valence-corrected chi connectivity index (χ1v) is 7.81. The molecule has 0 spiro atoms. The molecule has 0 saturated heterocycles. The van der Waals surface area contributed by atoms with Crippen molar-refractivity contribution in [1.82, 2.24) is 14.8 Å². The van der Waals surface area contributed by atoms with Crippen molar-refractivity contribution in [2.75, 3.05) is 5.75 Å². The van der Waals surface area contributed by atoms with Crippen LogP contribution in [0.25, 0.3) is 0 Å². The number of hydrogen-bond donors (Lipinski definition) is 1. The number of thioether (sulfide) groups is 1. The highest BCUT2D eigenvalue weighted by atomic mass is 32.2. The van der Waals surface area contributed by atoms with E-state index in [4.69, 9.17) is 5.11 Å². The first kappa shape index (κ1) is 16.0. The minimum Gasteiger partial charge on any atom is -0.481 e. The average Bonchev–Trinajstić information content (AvgIpc) is 2.73. The Balaban J connectivity index is 2.69. The van der Waals surface area contributed by atoms with E-state index in [9.17, 15) is 4.79 Å². The quantitative estimate of drug-likeness (QED) is 0.706. The predicted octanol–water partition coefficient (Wildman–Crippen LogP) is 2.98. The van der Waals surface area contributed by atoms with Gasteiger partial charge in [-0.2, -0.15) is 0 Å². The Morgan fingerprint density at radius 3 is 2.74 bits per heavy atom. The molecule has 0 aliphatic carbocycles. The van der Waals surface area contributed by atoms with Crippen LogP contribution in [0.15, 0.2) is 5.16 Å². The summed E-state index contributed by atoms with van der Waals surface area (Å²) in [6.45, 7) is 7.20. The Kier molecular flexibility index (Phi) is 6.91. The van der Waals surface area contributed by atoms with Crippen LogP contribution in [-0.2, 0) is 11.3 Å². The number of carbonyl (C=O) groups is 1. The van der Waals surface area contributed by atoms with Gasteiger partial charge in [0.2, 0.25) is 0 Å². The molecule has 0 amide bonds.